The van der Waals surface area contributed by atoms with Crippen LogP contribution in [0.3, 0.4) is 0 Å². The van der Waals surface area contributed by atoms with Crippen molar-refractivity contribution in [3.63, 3.8) is 0 Å². The summed E-state index contributed by atoms with van der Waals surface area (Å²) < 4.78 is 0. The number of hydrogen-bond acceptors (Lipinski definition) is 5. The lowest BCUT2D eigenvalue weighted by atomic mass is 9.85. The minimum Gasteiger partial charge on any atom is -0.309 e. The van der Waals surface area contributed by atoms with E-state index in [0.717, 1.165) is 50.1 Å². The Hall–Kier alpha value is -1.60. The van der Waals surface area contributed by atoms with Gasteiger partial charge in [0.05, 0.1) is 0 Å². The van der Waals surface area contributed by atoms with E-state index in [1.165, 1.54) is 4.90 Å². The van der Waals surface area contributed by atoms with E-state index < -0.39 is 5.54 Å². The fourth-order valence-corrected chi connectivity index (χ4v) is 5.44. The lowest BCUT2D eigenvalue weighted by molar-refractivity contribution is -0.136. The number of likely N-dealkylation sites (tertiary alicyclic amines) is 1. The van der Waals surface area contributed by atoms with Gasteiger partial charge >= 0.3 is 6.03 Å². The van der Waals surface area contributed by atoms with Gasteiger partial charge in [0, 0.05) is 50.4 Å². The molecule has 2 aliphatic heterocycles. The topological polar surface area (TPSA) is 56.8 Å². The fourth-order valence-electron chi connectivity index (χ4n) is 4.75. The van der Waals surface area contributed by atoms with Gasteiger partial charge in [-0.3, -0.25) is 19.6 Å². The maximum atomic E-state index is 13.6. The summed E-state index contributed by atoms with van der Waals surface area (Å²) in [6.45, 7) is 9.36. The predicted molar refractivity (Wildman–Crippen MR) is 123 cm³/mol. The number of thioether (sulfide) groups is 1. The first-order valence-electron chi connectivity index (χ1n) is 11.1. The second-order valence-electron chi connectivity index (χ2n) is 9.08. The Kier molecular flexibility index (Phi) is 7.80. The number of hydrogen-bond donors (Lipinski definition) is 0. The van der Waals surface area contributed by atoms with Crippen LogP contribution in [0.25, 0.3) is 0 Å². The molecule has 2 aliphatic rings. The quantitative estimate of drug-likeness (QED) is 0.559. The van der Waals surface area contributed by atoms with Crippen LogP contribution in [-0.2, 0) is 11.2 Å². The van der Waals surface area contributed by atoms with Crippen LogP contribution in [-0.4, -0.2) is 81.4 Å². The van der Waals surface area contributed by atoms with Crippen molar-refractivity contribution in [1.82, 2.24) is 19.7 Å². The third kappa shape index (κ3) is 4.83. The average molecular weight is 433 g/mol. The summed E-state index contributed by atoms with van der Waals surface area (Å²) in [5.74, 6) is 1.45. The Morgan fingerprint density at radius 3 is 2.53 bits per heavy atom. The highest BCUT2D eigenvalue weighted by Gasteiger charge is 2.57. The predicted octanol–water partition coefficient (Wildman–Crippen LogP) is 3.52. The van der Waals surface area contributed by atoms with Crippen molar-refractivity contribution in [3.8, 4) is 0 Å². The number of rotatable bonds is 9. The van der Waals surface area contributed by atoms with Gasteiger partial charge in [0.15, 0.2) is 0 Å². The molecular formula is C23H36N4O2S. The number of urea groups is 1. The fraction of sp³-hybridized carbons (Fsp3) is 0.696. The molecule has 1 atom stereocenters. The molecule has 2 saturated heterocycles. The summed E-state index contributed by atoms with van der Waals surface area (Å²) in [6, 6.07) is 4.37. The van der Waals surface area contributed by atoms with Crippen molar-refractivity contribution < 1.29 is 9.59 Å². The van der Waals surface area contributed by atoms with Gasteiger partial charge in [-0.2, -0.15) is 11.8 Å². The lowest BCUT2D eigenvalue weighted by Gasteiger charge is -2.44. The van der Waals surface area contributed by atoms with E-state index in [1.807, 2.05) is 35.0 Å². The molecular weight excluding hydrogens is 396 g/mol. The van der Waals surface area contributed by atoms with Crippen molar-refractivity contribution in [2.45, 2.75) is 58.0 Å². The largest absolute Gasteiger partial charge is 0.327 e. The number of pyridine rings is 1. The van der Waals surface area contributed by atoms with Gasteiger partial charge in [0.25, 0.3) is 5.91 Å². The van der Waals surface area contributed by atoms with E-state index in [-0.39, 0.29) is 11.9 Å². The number of aryl methyl sites for hydroxylation is 1. The highest BCUT2D eigenvalue weighted by atomic mass is 32.2. The molecule has 0 aromatic carbocycles. The van der Waals surface area contributed by atoms with E-state index in [1.54, 1.807) is 6.20 Å². The van der Waals surface area contributed by atoms with E-state index in [4.69, 9.17) is 0 Å². The third-order valence-electron chi connectivity index (χ3n) is 6.40. The average Bonchev–Trinajstić information content (AvgIpc) is 2.91. The molecule has 0 N–H and O–H groups in total. The number of amides is 3. The molecule has 3 rings (SSSR count). The van der Waals surface area contributed by atoms with Gasteiger partial charge in [0.1, 0.15) is 5.54 Å². The summed E-state index contributed by atoms with van der Waals surface area (Å²) in [7, 11) is 0. The SMILES string of the molecule is CSC[C@@H](C)N1CCC2(CC1)C(=O)N(CCCc1cccnc1)C(=O)N2CC(C)C. The van der Waals surface area contributed by atoms with Crippen LogP contribution in [0.1, 0.15) is 45.6 Å². The molecule has 30 heavy (non-hydrogen) atoms. The molecule has 3 heterocycles. The minimum atomic E-state index is -0.648. The van der Waals surface area contributed by atoms with Gasteiger partial charge in [-0.1, -0.05) is 19.9 Å². The van der Waals surface area contributed by atoms with E-state index in [2.05, 4.69) is 36.9 Å². The van der Waals surface area contributed by atoms with Crippen LogP contribution >= 0.6 is 11.8 Å². The maximum absolute atomic E-state index is 13.6. The highest BCUT2D eigenvalue weighted by Crippen LogP contribution is 2.38. The van der Waals surface area contributed by atoms with E-state index in [9.17, 15) is 9.59 Å². The van der Waals surface area contributed by atoms with Crippen LogP contribution in [0.15, 0.2) is 24.5 Å². The monoisotopic (exact) mass is 432 g/mol. The van der Waals surface area contributed by atoms with Crippen molar-refractivity contribution in [1.29, 1.82) is 0 Å². The highest BCUT2D eigenvalue weighted by molar-refractivity contribution is 7.98. The molecule has 6 nitrogen and oxygen atoms in total. The Balaban J connectivity index is 1.70. The Bertz CT molecular complexity index is 719. The van der Waals surface area contributed by atoms with Crippen LogP contribution < -0.4 is 0 Å². The molecule has 2 fully saturated rings. The summed E-state index contributed by atoms with van der Waals surface area (Å²) in [5, 5.41) is 0. The minimum absolute atomic E-state index is 0.0245. The molecule has 0 unspecified atom stereocenters. The van der Waals surface area contributed by atoms with Crippen molar-refractivity contribution >= 4 is 23.7 Å². The number of nitrogens with zero attached hydrogens (tertiary/aromatic N) is 4. The van der Waals surface area contributed by atoms with Crippen LogP contribution in [0, 0.1) is 5.92 Å². The first kappa shape index (κ1) is 23.1. The van der Waals surface area contributed by atoms with Gasteiger partial charge < -0.3 is 4.90 Å². The van der Waals surface area contributed by atoms with Gasteiger partial charge in [-0.15, -0.1) is 0 Å². The Morgan fingerprint density at radius 1 is 1.20 bits per heavy atom. The van der Waals surface area contributed by atoms with E-state index in [0.29, 0.717) is 25.0 Å². The number of carbonyl (C=O) groups excluding carboxylic acids is 2. The molecule has 1 spiro atoms. The van der Waals surface area contributed by atoms with Gasteiger partial charge in [-0.25, -0.2) is 4.79 Å². The first-order valence-corrected chi connectivity index (χ1v) is 12.5. The van der Waals surface area contributed by atoms with Crippen molar-refractivity contribution in [2.75, 3.05) is 38.2 Å². The van der Waals surface area contributed by atoms with Crippen LogP contribution in [0.5, 0.6) is 0 Å². The zero-order valence-electron chi connectivity index (χ0n) is 18.8. The standard InChI is InChI=1S/C23H36N4O2S/c1-18(2)16-27-22(29)26(12-6-8-20-7-5-11-24-15-20)21(28)23(27)9-13-25(14-10-23)19(3)17-30-4/h5,7,11,15,18-19H,6,8-10,12-14,16-17H2,1-4H3/t19-/m1/s1. The number of aromatic nitrogens is 1. The molecule has 166 valence electrons. The third-order valence-corrected chi connectivity index (χ3v) is 7.21. The van der Waals surface area contributed by atoms with Gasteiger partial charge in [-0.05, 0) is 56.4 Å². The Labute approximate surface area is 185 Å². The number of imide groups is 1. The van der Waals surface area contributed by atoms with Gasteiger partial charge in [0.2, 0.25) is 0 Å². The van der Waals surface area contributed by atoms with E-state index >= 15 is 0 Å². The first-order chi connectivity index (χ1) is 14.4. The molecule has 0 bridgehead atoms. The molecule has 3 amide bonds. The summed E-state index contributed by atoms with van der Waals surface area (Å²) in [4.78, 5) is 36.9. The zero-order chi connectivity index (χ0) is 21.7. The molecule has 0 aliphatic carbocycles. The molecule has 1 aromatic rings. The summed E-state index contributed by atoms with van der Waals surface area (Å²) in [6.07, 6.45) is 8.81. The lowest BCUT2D eigenvalue weighted by Crippen LogP contribution is -2.58. The maximum Gasteiger partial charge on any atom is 0.327 e. The molecule has 1 aromatic heterocycles. The zero-order valence-corrected chi connectivity index (χ0v) is 19.7. The van der Waals surface area contributed by atoms with Crippen LogP contribution in [0.2, 0.25) is 0 Å². The second-order valence-corrected chi connectivity index (χ2v) is 9.99. The second kappa shape index (κ2) is 10.1. The van der Waals surface area contributed by atoms with Crippen molar-refractivity contribution in [3.05, 3.63) is 30.1 Å². The molecule has 7 heteroatoms. The number of piperidine rings is 1. The normalized spacial score (nSPS) is 20.6. The van der Waals surface area contributed by atoms with Crippen LogP contribution in [0.4, 0.5) is 4.79 Å². The molecule has 0 radical (unpaired) electrons. The van der Waals surface area contributed by atoms with Crippen molar-refractivity contribution in [2.24, 2.45) is 5.92 Å². The smallest absolute Gasteiger partial charge is 0.309 e. The Morgan fingerprint density at radius 2 is 1.93 bits per heavy atom. The number of carbonyl (C=O) groups is 2. The summed E-state index contributed by atoms with van der Waals surface area (Å²) in [5.41, 5.74) is 0.493. The summed E-state index contributed by atoms with van der Waals surface area (Å²) >= 11 is 1.86. The molecule has 0 saturated carbocycles.